The van der Waals surface area contributed by atoms with Gasteiger partial charge in [-0.25, -0.2) is 4.79 Å². The molecule has 0 aromatic heterocycles. The summed E-state index contributed by atoms with van der Waals surface area (Å²) in [6.07, 6.45) is -11.7. The molecule has 1 saturated heterocycles. The van der Waals surface area contributed by atoms with E-state index < -0.39 is 53.2 Å². The molecule has 4 nitrogen and oxygen atoms in total. The fourth-order valence-corrected chi connectivity index (χ4v) is 3.28. The zero-order valence-corrected chi connectivity index (χ0v) is 13.9. The molecule has 2 rings (SSSR count). The SMILES string of the molecule is COc1c([C@H]2[C@H](C(=O)O)O[C@@](C)(C(F)(F)F)[C@H]2C)cccc1C(F)(F)F. The quantitative estimate of drug-likeness (QED) is 0.790. The molecule has 4 atom stereocenters. The van der Waals surface area contributed by atoms with Crippen LogP contribution in [0.2, 0.25) is 0 Å². The van der Waals surface area contributed by atoms with Gasteiger partial charge in [-0.15, -0.1) is 0 Å². The largest absolute Gasteiger partial charge is 0.496 e. The van der Waals surface area contributed by atoms with Gasteiger partial charge in [0, 0.05) is 17.4 Å². The maximum absolute atomic E-state index is 13.4. The zero-order valence-electron chi connectivity index (χ0n) is 13.9. The van der Waals surface area contributed by atoms with Crippen molar-refractivity contribution in [3.05, 3.63) is 29.3 Å². The van der Waals surface area contributed by atoms with Crippen LogP contribution < -0.4 is 4.74 Å². The first kappa shape index (κ1) is 20.3. The number of carbonyl (C=O) groups is 1. The molecule has 1 aromatic rings. The number of para-hydroxylation sites is 1. The van der Waals surface area contributed by atoms with Crippen molar-refractivity contribution >= 4 is 5.97 Å². The van der Waals surface area contributed by atoms with E-state index in [1.807, 2.05) is 0 Å². The molecule has 1 fully saturated rings. The van der Waals surface area contributed by atoms with Crippen LogP contribution in [0.15, 0.2) is 18.2 Å². The van der Waals surface area contributed by atoms with Crippen molar-refractivity contribution in [2.75, 3.05) is 7.11 Å². The van der Waals surface area contributed by atoms with Gasteiger partial charge < -0.3 is 14.6 Å². The predicted octanol–water partition coefficient (Wildman–Crippen LogP) is 4.24. The van der Waals surface area contributed by atoms with Gasteiger partial charge in [0.15, 0.2) is 11.7 Å². The van der Waals surface area contributed by atoms with Gasteiger partial charge in [0.1, 0.15) is 5.75 Å². The van der Waals surface area contributed by atoms with Gasteiger partial charge in [-0.3, -0.25) is 0 Å². The van der Waals surface area contributed by atoms with Crippen molar-refractivity contribution in [1.29, 1.82) is 0 Å². The molecule has 146 valence electrons. The first-order chi connectivity index (χ1) is 11.8. The van der Waals surface area contributed by atoms with E-state index in [9.17, 15) is 36.2 Å². The number of ether oxygens (including phenoxy) is 2. The van der Waals surface area contributed by atoms with Crippen LogP contribution in [0.25, 0.3) is 0 Å². The summed E-state index contributed by atoms with van der Waals surface area (Å²) in [5, 5.41) is 9.30. The molecule has 0 spiro atoms. The van der Waals surface area contributed by atoms with Crippen molar-refractivity contribution in [2.45, 2.75) is 43.8 Å². The molecular formula is C16H16F6O4. The summed E-state index contributed by atoms with van der Waals surface area (Å²) in [7, 11) is 0.938. The number of benzene rings is 1. The van der Waals surface area contributed by atoms with Gasteiger partial charge in [0.05, 0.1) is 12.7 Å². The molecule has 0 radical (unpaired) electrons. The summed E-state index contributed by atoms with van der Waals surface area (Å²) in [4.78, 5) is 11.5. The van der Waals surface area contributed by atoms with Crippen LogP contribution in [0.4, 0.5) is 26.3 Å². The van der Waals surface area contributed by atoms with E-state index in [4.69, 9.17) is 9.47 Å². The summed E-state index contributed by atoms with van der Waals surface area (Å²) in [6.45, 7) is 1.79. The van der Waals surface area contributed by atoms with Crippen molar-refractivity contribution in [3.63, 3.8) is 0 Å². The molecule has 0 unspecified atom stereocenters. The summed E-state index contributed by atoms with van der Waals surface area (Å²) in [5.74, 6) is -5.37. The van der Waals surface area contributed by atoms with Crippen molar-refractivity contribution < 1.29 is 45.7 Å². The second kappa shape index (κ2) is 6.33. The zero-order chi connectivity index (χ0) is 20.1. The van der Waals surface area contributed by atoms with Crippen molar-refractivity contribution in [3.8, 4) is 5.75 Å². The lowest BCUT2D eigenvalue weighted by Crippen LogP contribution is -2.47. The number of hydrogen-bond donors (Lipinski definition) is 1. The Kier molecular flexibility index (Phi) is 4.95. The smallest absolute Gasteiger partial charge is 0.419 e. The number of halogens is 6. The van der Waals surface area contributed by atoms with Crippen LogP contribution in [-0.2, 0) is 15.7 Å². The summed E-state index contributed by atoms with van der Waals surface area (Å²) < 4.78 is 89.5. The molecule has 0 saturated carbocycles. The van der Waals surface area contributed by atoms with Crippen LogP contribution in [0, 0.1) is 5.92 Å². The van der Waals surface area contributed by atoms with Gasteiger partial charge in [-0.2, -0.15) is 26.3 Å². The minimum Gasteiger partial charge on any atom is -0.496 e. The molecule has 1 aliphatic heterocycles. The number of methoxy groups -OCH3 is 1. The maximum Gasteiger partial charge on any atom is 0.419 e. The second-order valence-electron chi connectivity index (χ2n) is 6.22. The molecule has 1 aromatic carbocycles. The van der Waals surface area contributed by atoms with E-state index in [2.05, 4.69) is 0 Å². The van der Waals surface area contributed by atoms with E-state index in [0.717, 1.165) is 26.2 Å². The standard InChI is InChI=1S/C16H16F6O4/c1-7-10(12(13(23)24)26-14(7,2)16(20,21)22)8-5-4-6-9(11(8)25-3)15(17,18)19/h4-7,10,12H,1-3H3,(H,23,24)/t7-,10-,12+,14+/m0/s1. The van der Waals surface area contributed by atoms with Gasteiger partial charge in [-0.1, -0.05) is 19.1 Å². The Morgan fingerprint density at radius 3 is 2.23 bits per heavy atom. The van der Waals surface area contributed by atoms with Crippen LogP contribution in [0.1, 0.15) is 30.9 Å². The molecule has 10 heteroatoms. The number of aliphatic carboxylic acids is 1. The normalized spacial score (nSPS) is 29.7. The average Bonchev–Trinajstić information content (AvgIpc) is 2.78. The van der Waals surface area contributed by atoms with Gasteiger partial charge in [0.25, 0.3) is 0 Å². The topological polar surface area (TPSA) is 55.8 Å². The van der Waals surface area contributed by atoms with Crippen molar-refractivity contribution in [2.24, 2.45) is 5.92 Å². The third-order valence-corrected chi connectivity index (χ3v) is 4.83. The van der Waals surface area contributed by atoms with E-state index >= 15 is 0 Å². The Morgan fingerprint density at radius 2 is 1.81 bits per heavy atom. The van der Waals surface area contributed by atoms with Gasteiger partial charge in [0.2, 0.25) is 0 Å². The Morgan fingerprint density at radius 1 is 1.23 bits per heavy atom. The van der Waals surface area contributed by atoms with E-state index in [-0.39, 0.29) is 5.56 Å². The predicted molar refractivity (Wildman–Crippen MR) is 76.9 cm³/mol. The highest BCUT2D eigenvalue weighted by Gasteiger charge is 2.66. The number of carboxylic acids is 1. The van der Waals surface area contributed by atoms with Gasteiger partial charge in [-0.05, 0) is 13.0 Å². The Labute approximate surface area is 144 Å². The van der Waals surface area contributed by atoms with E-state index in [0.29, 0.717) is 13.0 Å². The highest BCUT2D eigenvalue weighted by molar-refractivity contribution is 5.75. The van der Waals surface area contributed by atoms with Crippen LogP contribution in [0.5, 0.6) is 5.75 Å². The van der Waals surface area contributed by atoms with E-state index in [1.54, 1.807) is 0 Å². The Bertz CT molecular complexity index is 699. The average molecular weight is 386 g/mol. The van der Waals surface area contributed by atoms with Gasteiger partial charge >= 0.3 is 18.3 Å². The minimum absolute atomic E-state index is 0.296. The molecule has 26 heavy (non-hydrogen) atoms. The molecule has 1 aliphatic rings. The Hall–Kier alpha value is -1.97. The third-order valence-electron chi connectivity index (χ3n) is 4.83. The first-order valence-corrected chi connectivity index (χ1v) is 7.47. The second-order valence-corrected chi connectivity index (χ2v) is 6.22. The van der Waals surface area contributed by atoms with Crippen LogP contribution in [0.3, 0.4) is 0 Å². The minimum atomic E-state index is -4.91. The summed E-state index contributed by atoms with van der Waals surface area (Å²) >= 11 is 0. The fraction of sp³-hybridized carbons (Fsp3) is 0.562. The molecule has 0 amide bonds. The molecular weight excluding hydrogens is 370 g/mol. The highest BCUT2D eigenvalue weighted by Crippen LogP contribution is 2.55. The number of hydrogen-bond acceptors (Lipinski definition) is 3. The fourth-order valence-electron chi connectivity index (χ4n) is 3.28. The third kappa shape index (κ3) is 3.10. The summed E-state index contributed by atoms with van der Waals surface area (Å²) in [5.41, 5.74) is -4.33. The summed E-state index contributed by atoms with van der Waals surface area (Å²) in [6, 6.07) is 2.83. The lowest BCUT2D eigenvalue weighted by Gasteiger charge is -2.32. The maximum atomic E-state index is 13.4. The lowest BCUT2D eigenvalue weighted by molar-refractivity contribution is -0.273. The first-order valence-electron chi connectivity index (χ1n) is 7.47. The number of carboxylic acid groups (broad SMARTS) is 1. The van der Waals surface area contributed by atoms with E-state index in [1.165, 1.54) is 0 Å². The van der Waals surface area contributed by atoms with Crippen LogP contribution in [-0.4, -0.2) is 36.1 Å². The lowest BCUT2D eigenvalue weighted by atomic mass is 9.76. The number of alkyl halides is 6. The molecule has 1 N–H and O–H groups in total. The molecule has 1 heterocycles. The number of rotatable bonds is 3. The monoisotopic (exact) mass is 386 g/mol. The van der Waals surface area contributed by atoms with Crippen molar-refractivity contribution in [1.82, 2.24) is 0 Å². The molecule has 0 aliphatic carbocycles. The molecule has 0 bridgehead atoms. The van der Waals surface area contributed by atoms with Crippen LogP contribution >= 0.6 is 0 Å². The Balaban J connectivity index is 2.68. The highest BCUT2D eigenvalue weighted by atomic mass is 19.4.